The minimum atomic E-state index is 0.475. The summed E-state index contributed by atoms with van der Waals surface area (Å²) in [6.45, 7) is 0. The van der Waals surface area contributed by atoms with E-state index < -0.39 is 0 Å². The van der Waals surface area contributed by atoms with Crippen molar-refractivity contribution in [2.75, 3.05) is 0 Å². The molecule has 10 rings (SSSR count). The van der Waals surface area contributed by atoms with Crippen molar-refractivity contribution in [1.29, 1.82) is 0 Å². The van der Waals surface area contributed by atoms with Crippen molar-refractivity contribution >= 4 is 48.8 Å². The van der Waals surface area contributed by atoms with Crippen LogP contribution in [0.5, 0.6) is 0 Å². The van der Waals surface area contributed by atoms with E-state index >= 15 is 0 Å². The molecule has 0 atom stereocenters. The van der Waals surface area contributed by atoms with Crippen LogP contribution < -0.4 is 0 Å². The van der Waals surface area contributed by atoms with Crippen molar-refractivity contribution in [1.82, 2.24) is 29.9 Å². The Kier molecular flexibility index (Phi) is 6.52. The largest absolute Gasteiger partial charge is 0.251 e. The number of hydrogen-bond donors (Lipinski definition) is 0. The first-order chi connectivity index (χ1) is 24.8. The molecule has 3 aromatic heterocycles. The molecule has 6 nitrogen and oxygen atoms in total. The van der Waals surface area contributed by atoms with Crippen molar-refractivity contribution in [3.63, 3.8) is 0 Å². The van der Waals surface area contributed by atoms with Crippen LogP contribution >= 0.6 is 0 Å². The van der Waals surface area contributed by atoms with Gasteiger partial charge in [-0.2, -0.15) is 0 Å². The van der Waals surface area contributed by atoms with E-state index in [0.717, 1.165) is 67.7 Å². The standard InChI is InChI=1S/C44H28N6/c1-4-16-30-27(11-1)14-9-20-33(30)42-48-43(34-21-10-15-28-12-2-5-17-31(28)34)50-44(49-42)39-26-45-38(25-46-39)41-36-24-23-29-13-3-6-18-32(29)40(36)35-19-7-8-22-37(35)47-41/h1-9,11-14,16-26H,10,15H2. The summed E-state index contributed by atoms with van der Waals surface area (Å²) in [5, 5.41) is 7.90. The number of benzene rings is 6. The lowest BCUT2D eigenvalue weighted by molar-refractivity contribution is 0.958. The number of allylic oxidation sites excluding steroid dienone is 1. The van der Waals surface area contributed by atoms with Crippen LogP contribution in [-0.4, -0.2) is 29.9 Å². The number of fused-ring (bicyclic) bond motifs is 7. The topological polar surface area (TPSA) is 77.3 Å². The van der Waals surface area contributed by atoms with E-state index in [2.05, 4.69) is 115 Å². The van der Waals surface area contributed by atoms with Crippen LogP contribution in [0.25, 0.3) is 83.1 Å². The molecule has 0 N–H and O–H groups in total. The Morgan fingerprint density at radius 2 is 1.10 bits per heavy atom. The van der Waals surface area contributed by atoms with Crippen molar-refractivity contribution in [2.24, 2.45) is 0 Å². The van der Waals surface area contributed by atoms with Gasteiger partial charge in [-0.15, -0.1) is 0 Å². The number of pyridine rings is 1. The van der Waals surface area contributed by atoms with Gasteiger partial charge in [-0.1, -0.05) is 127 Å². The molecule has 3 heterocycles. The first kappa shape index (κ1) is 28.4. The molecule has 234 valence electrons. The van der Waals surface area contributed by atoms with Crippen LogP contribution in [0.3, 0.4) is 0 Å². The van der Waals surface area contributed by atoms with Crippen molar-refractivity contribution in [3.05, 3.63) is 163 Å². The third kappa shape index (κ3) is 4.65. The molecule has 0 bridgehead atoms. The molecule has 0 radical (unpaired) electrons. The molecule has 1 aliphatic rings. The molecule has 0 aliphatic heterocycles. The van der Waals surface area contributed by atoms with Crippen LogP contribution in [0.2, 0.25) is 0 Å². The Bertz CT molecular complexity index is 2800. The molecule has 0 fully saturated rings. The summed E-state index contributed by atoms with van der Waals surface area (Å²) in [5.41, 5.74) is 7.38. The second-order valence-electron chi connectivity index (χ2n) is 12.6. The molecule has 9 aromatic rings. The van der Waals surface area contributed by atoms with Gasteiger partial charge in [0.1, 0.15) is 11.4 Å². The van der Waals surface area contributed by atoms with Crippen LogP contribution in [0.15, 0.2) is 146 Å². The minimum absolute atomic E-state index is 0.475. The number of para-hydroxylation sites is 1. The number of nitrogens with zero attached hydrogens (tertiary/aromatic N) is 6. The van der Waals surface area contributed by atoms with Gasteiger partial charge in [-0.3, -0.25) is 4.98 Å². The summed E-state index contributed by atoms with van der Waals surface area (Å²) in [7, 11) is 0. The first-order valence-corrected chi connectivity index (χ1v) is 16.8. The van der Waals surface area contributed by atoms with Crippen molar-refractivity contribution < 1.29 is 0 Å². The molecule has 0 unspecified atom stereocenters. The van der Waals surface area contributed by atoms with E-state index in [4.69, 9.17) is 29.9 Å². The summed E-state index contributed by atoms with van der Waals surface area (Å²) in [5.74, 6) is 1.71. The van der Waals surface area contributed by atoms with Gasteiger partial charge in [0.2, 0.25) is 0 Å². The number of aryl methyl sites for hydroxylation is 1. The molecule has 0 amide bonds. The predicted octanol–water partition coefficient (Wildman–Crippen LogP) is 10.0. The minimum Gasteiger partial charge on any atom is -0.251 e. The highest BCUT2D eigenvalue weighted by Crippen LogP contribution is 2.37. The van der Waals surface area contributed by atoms with Gasteiger partial charge in [0, 0.05) is 27.3 Å². The molecular weight excluding hydrogens is 613 g/mol. The average Bonchev–Trinajstić information content (AvgIpc) is 3.19. The summed E-state index contributed by atoms with van der Waals surface area (Å²) in [6.07, 6.45) is 7.70. The normalized spacial score (nSPS) is 12.8. The average molecular weight is 641 g/mol. The highest BCUT2D eigenvalue weighted by atomic mass is 15.1. The van der Waals surface area contributed by atoms with E-state index in [0.29, 0.717) is 28.9 Å². The zero-order valence-electron chi connectivity index (χ0n) is 27.0. The van der Waals surface area contributed by atoms with Gasteiger partial charge in [0.25, 0.3) is 0 Å². The third-order valence-electron chi connectivity index (χ3n) is 9.69. The zero-order chi connectivity index (χ0) is 33.0. The van der Waals surface area contributed by atoms with Gasteiger partial charge in [-0.25, -0.2) is 24.9 Å². The fourth-order valence-corrected chi connectivity index (χ4v) is 7.33. The lowest BCUT2D eigenvalue weighted by atomic mass is 9.90. The molecule has 6 aromatic carbocycles. The molecule has 50 heavy (non-hydrogen) atoms. The molecular formula is C44H28N6. The number of hydrogen-bond acceptors (Lipinski definition) is 6. The van der Waals surface area contributed by atoms with Gasteiger partial charge < -0.3 is 0 Å². The van der Waals surface area contributed by atoms with Crippen LogP contribution in [-0.2, 0) is 6.42 Å². The monoisotopic (exact) mass is 640 g/mol. The summed E-state index contributed by atoms with van der Waals surface area (Å²) in [4.78, 5) is 30.2. The van der Waals surface area contributed by atoms with E-state index in [-0.39, 0.29) is 0 Å². The smallest absolute Gasteiger partial charge is 0.184 e. The predicted molar refractivity (Wildman–Crippen MR) is 201 cm³/mol. The Labute approximate surface area is 287 Å². The van der Waals surface area contributed by atoms with E-state index in [1.165, 1.54) is 16.3 Å². The fourth-order valence-electron chi connectivity index (χ4n) is 7.33. The maximum Gasteiger partial charge on any atom is 0.184 e. The van der Waals surface area contributed by atoms with Crippen LogP contribution in [0.4, 0.5) is 0 Å². The first-order valence-electron chi connectivity index (χ1n) is 16.8. The lowest BCUT2D eigenvalue weighted by Crippen LogP contribution is -2.08. The van der Waals surface area contributed by atoms with Gasteiger partial charge in [-0.05, 0) is 51.6 Å². The maximum absolute atomic E-state index is 5.11. The third-order valence-corrected chi connectivity index (χ3v) is 9.69. The lowest BCUT2D eigenvalue weighted by Gasteiger charge is -2.18. The number of aromatic nitrogens is 6. The summed E-state index contributed by atoms with van der Waals surface area (Å²) in [6, 6.07) is 44.1. The maximum atomic E-state index is 5.11. The highest BCUT2D eigenvalue weighted by molar-refractivity contribution is 6.22. The fraction of sp³-hybridized carbons (Fsp3) is 0.0455. The highest BCUT2D eigenvalue weighted by Gasteiger charge is 2.21. The summed E-state index contributed by atoms with van der Waals surface area (Å²) >= 11 is 0. The Balaban J connectivity index is 1.15. The van der Waals surface area contributed by atoms with Gasteiger partial charge in [0.15, 0.2) is 17.5 Å². The quantitative estimate of drug-likeness (QED) is 0.178. The van der Waals surface area contributed by atoms with Crippen LogP contribution in [0, 0.1) is 0 Å². The Morgan fingerprint density at radius 3 is 1.98 bits per heavy atom. The van der Waals surface area contributed by atoms with E-state index in [9.17, 15) is 0 Å². The van der Waals surface area contributed by atoms with Crippen LogP contribution in [0.1, 0.15) is 23.4 Å². The van der Waals surface area contributed by atoms with E-state index in [1.54, 1.807) is 12.4 Å². The molecule has 0 saturated heterocycles. The van der Waals surface area contributed by atoms with Crippen molar-refractivity contribution in [3.8, 4) is 34.3 Å². The Hall–Kier alpha value is -6.66. The second-order valence-corrected chi connectivity index (χ2v) is 12.6. The van der Waals surface area contributed by atoms with Gasteiger partial charge in [0.05, 0.1) is 23.6 Å². The summed E-state index contributed by atoms with van der Waals surface area (Å²) < 4.78 is 0. The zero-order valence-corrected chi connectivity index (χ0v) is 27.0. The molecule has 0 saturated carbocycles. The Morgan fingerprint density at radius 1 is 0.440 bits per heavy atom. The second kappa shape index (κ2) is 11.5. The molecule has 0 spiro atoms. The SMILES string of the molecule is C1=C(c2nc(-c3cnc(-c4nc5ccccc5c5c4ccc4ccccc45)cn3)nc(-c3cccc4ccccc34)n2)c2ccccc2CC1. The molecule has 1 aliphatic carbocycles. The molecule has 6 heteroatoms. The number of rotatable bonds is 4. The van der Waals surface area contributed by atoms with Crippen molar-refractivity contribution in [2.45, 2.75) is 12.8 Å². The van der Waals surface area contributed by atoms with Gasteiger partial charge >= 0.3 is 0 Å². The van der Waals surface area contributed by atoms with E-state index in [1.807, 2.05) is 18.2 Å².